The van der Waals surface area contributed by atoms with Crippen molar-refractivity contribution in [1.82, 2.24) is 14.5 Å². The van der Waals surface area contributed by atoms with Crippen molar-refractivity contribution < 1.29 is 4.42 Å². The van der Waals surface area contributed by atoms with E-state index in [1.54, 1.807) is 0 Å². The van der Waals surface area contributed by atoms with E-state index in [2.05, 4.69) is 184 Å². The van der Waals surface area contributed by atoms with Gasteiger partial charge in [-0.2, -0.15) is 0 Å². The van der Waals surface area contributed by atoms with E-state index in [1.807, 2.05) is 6.07 Å². The molecule has 0 saturated heterocycles. The second-order valence-electron chi connectivity index (χ2n) is 15.2. The van der Waals surface area contributed by atoms with E-state index in [9.17, 15) is 0 Å². The summed E-state index contributed by atoms with van der Waals surface area (Å²) in [6, 6.07) is 51.6. The molecule has 0 saturated carbocycles. The van der Waals surface area contributed by atoms with Crippen LogP contribution in [-0.4, -0.2) is 20.8 Å². The smallest absolute Gasteiger partial charge is 0.225 e. The number of aliphatic imine (C=N–C) groups is 2. The van der Waals surface area contributed by atoms with Gasteiger partial charge in [-0.15, -0.1) is 0 Å². The molecule has 6 aromatic carbocycles. The highest BCUT2D eigenvalue weighted by Crippen LogP contribution is 2.44. The Bertz CT molecular complexity index is 3260. The Balaban J connectivity index is 1.14. The van der Waals surface area contributed by atoms with Gasteiger partial charge in [-0.3, -0.25) is 4.57 Å². The largest absolute Gasteiger partial charge is 0.460 e. The Labute approximate surface area is 335 Å². The number of aryl methyl sites for hydroxylation is 1. The molecule has 0 bridgehead atoms. The van der Waals surface area contributed by atoms with Gasteiger partial charge in [0.2, 0.25) is 6.29 Å². The third-order valence-corrected chi connectivity index (χ3v) is 11.9. The van der Waals surface area contributed by atoms with Gasteiger partial charge in [0.05, 0.1) is 22.2 Å². The number of aromatic nitrogens is 2. The Morgan fingerprint density at radius 2 is 1.28 bits per heavy atom. The monoisotopic (exact) mass is 747 g/mol. The van der Waals surface area contributed by atoms with Crippen LogP contribution in [0.2, 0.25) is 0 Å². The lowest BCUT2D eigenvalue weighted by Crippen LogP contribution is -2.37. The number of nitrogens with zero attached hydrogens (tertiary/aromatic N) is 4. The molecule has 1 aliphatic heterocycles. The third kappa shape index (κ3) is 5.04. The van der Waals surface area contributed by atoms with Crippen molar-refractivity contribution in [2.75, 3.05) is 0 Å². The Kier molecular flexibility index (Phi) is 7.38. The molecule has 3 aromatic heterocycles. The van der Waals surface area contributed by atoms with Crippen LogP contribution < -0.4 is 5.32 Å². The zero-order valence-corrected chi connectivity index (χ0v) is 31.6. The fourth-order valence-electron chi connectivity index (χ4n) is 9.28. The highest BCUT2D eigenvalue weighted by Gasteiger charge is 2.31. The summed E-state index contributed by atoms with van der Waals surface area (Å²) in [6.07, 6.45) is 13.3. The molecule has 1 unspecified atom stereocenters. The average Bonchev–Trinajstić information content (AvgIpc) is 3.87. The fourth-order valence-corrected chi connectivity index (χ4v) is 9.28. The molecule has 0 spiro atoms. The zero-order valence-electron chi connectivity index (χ0n) is 31.6. The molecule has 1 atom stereocenters. The lowest BCUT2D eigenvalue weighted by Gasteiger charge is -2.27. The lowest BCUT2D eigenvalue weighted by molar-refractivity contribution is 0.544. The van der Waals surface area contributed by atoms with Gasteiger partial charge < -0.3 is 14.3 Å². The highest BCUT2D eigenvalue weighted by molar-refractivity contribution is 6.31. The molecule has 276 valence electrons. The summed E-state index contributed by atoms with van der Waals surface area (Å²) in [5, 5.41) is 8.43. The second kappa shape index (κ2) is 13.1. The number of benzene rings is 6. The van der Waals surface area contributed by atoms with Crippen molar-refractivity contribution in [2.45, 2.75) is 25.6 Å². The molecular formula is C52H37N5O. The number of amidine groups is 2. The number of furan rings is 1. The van der Waals surface area contributed by atoms with Gasteiger partial charge in [0.15, 0.2) is 0 Å². The van der Waals surface area contributed by atoms with Crippen molar-refractivity contribution in [3.63, 3.8) is 0 Å². The van der Waals surface area contributed by atoms with Crippen LogP contribution in [0.4, 0.5) is 0 Å². The summed E-state index contributed by atoms with van der Waals surface area (Å²) in [4.78, 5) is 11.2. The summed E-state index contributed by atoms with van der Waals surface area (Å²) in [5.41, 5.74) is 13.2. The molecule has 0 radical (unpaired) electrons. The van der Waals surface area contributed by atoms with Crippen molar-refractivity contribution in [2.24, 2.45) is 9.98 Å². The normalized spacial score (nSPS) is 16.2. The van der Waals surface area contributed by atoms with Crippen LogP contribution in [-0.2, 0) is 6.42 Å². The van der Waals surface area contributed by atoms with Crippen LogP contribution >= 0.6 is 0 Å². The van der Waals surface area contributed by atoms with Crippen molar-refractivity contribution in [3.05, 3.63) is 192 Å². The van der Waals surface area contributed by atoms with Crippen LogP contribution in [0, 0.1) is 0 Å². The SMILES string of the molecule is C1=Cc2c(n(C3N=C(C4=CCCc5oc6ccccc6c54)NC(c4ccc(-c5ccccc5)cc4)=N3)c3c2ccc2c4ccccc4n(-c4ccccc4)c23)C=CC1. The summed E-state index contributed by atoms with van der Waals surface area (Å²) in [5.74, 6) is 2.56. The minimum Gasteiger partial charge on any atom is -0.460 e. The number of rotatable bonds is 5. The average molecular weight is 748 g/mol. The van der Waals surface area contributed by atoms with Gasteiger partial charge in [0.25, 0.3) is 0 Å². The number of hydrogen-bond acceptors (Lipinski definition) is 4. The number of fused-ring (bicyclic) bond motifs is 10. The van der Waals surface area contributed by atoms with Crippen molar-refractivity contribution >= 4 is 73.1 Å². The molecule has 3 aliphatic rings. The lowest BCUT2D eigenvalue weighted by atomic mass is 9.93. The zero-order chi connectivity index (χ0) is 38.2. The van der Waals surface area contributed by atoms with Gasteiger partial charge in [-0.1, -0.05) is 146 Å². The van der Waals surface area contributed by atoms with Crippen LogP contribution in [0.15, 0.2) is 178 Å². The van der Waals surface area contributed by atoms with Gasteiger partial charge in [0, 0.05) is 55.9 Å². The maximum Gasteiger partial charge on any atom is 0.225 e. The van der Waals surface area contributed by atoms with E-state index in [0.717, 1.165) is 97.9 Å². The summed E-state index contributed by atoms with van der Waals surface area (Å²) in [6.45, 7) is 0. The van der Waals surface area contributed by atoms with Gasteiger partial charge in [-0.05, 0) is 54.3 Å². The standard InChI is InChI=1S/C52H37N5O/c1-4-15-33(16-5-1)34-27-29-35(30-28-34)50-53-51(42-22-14-26-46-47(42)41-21-11-13-25-45(41)58-46)55-52(54-50)57-44-23-9-3-8-19-38(44)40-32-31-39-37-20-10-12-24-43(37)56(48(39)49(40)57)36-17-6-2-7-18-36/h1-2,4-13,15-25,27-32,52H,3,14,26H2,(H,53,54,55). The molecule has 9 aromatic rings. The summed E-state index contributed by atoms with van der Waals surface area (Å²) < 4.78 is 11.3. The Morgan fingerprint density at radius 1 is 0.586 bits per heavy atom. The molecule has 58 heavy (non-hydrogen) atoms. The molecule has 0 amide bonds. The Hall–Kier alpha value is -7.44. The first-order chi connectivity index (χ1) is 28.8. The molecule has 6 nitrogen and oxygen atoms in total. The maximum absolute atomic E-state index is 6.48. The summed E-state index contributed by atoms with van der Waals surface area (Å²) >= 11 is 0. The van der Waals surface area contributed by atoms with Gasteiger partial charge >= 0.3 is 0 Å². The second-order valence-corrected chi connectivity index (χ2v) is 15.2. The quantitative estimate of drug-likeness (QED) is 0.191. The molecule has 4 heterocycles. The molecule has 1 N–H and O–H groups in total. The first-order valence-electron chi connectivity index (χ1n) is 20.1. The van der Waals surface area contributed by atoms with Crippen molar-refractivity contribution in [1.29, 1.82) is 0 Å². The van der Waals surface area contributed by atoms with Gasteiger partial charge in [0.1, 0.15) is 23.0 Å². The Morgan fingerprint density at radius 3 is 2.14 bits per heavy atom. The maximum atomic E-state index is 6.48. The first-order valence-corrected chi connectivity index (χ1v) is 20.1. The summed E-state index contributed by atoms with van der Waals surface area (Å²) in [7, 11) is 0. The topological polar surface area (TPSA) is 59.8 Å². The number of hydrogen-bond donors (Lipinski definition) is 1. The first kappa shape index (κ1) is 32.8. The van der Waals surface area contributed by atoms with E-state index < -0.39 is 6.29 Å². The van der Waals surface area contributed by atoms with E-state index in [1.165, 1.54) is 27.3 Å². The van der Waals surface area contributed by atoms with E-state index >= 15 is 0 Å². The number of allylic oxidation sites excluding steroid dienone is 3. The minimum absolute atomic E-state index is 0.625. The third-order valence-electron chi connectivity index (χ3n) is 11.9. The van der Waals surface area contributed by atoms with E-state index in [0.29, 0.717) is 0 Å². The van der Waals surface area contributed by atoms with Crippen LogP contribution in [0.3, 0.4) is 0 Å². The van der Waals surface area contributed by atoms with E-state index in [4.69, 9.17) is 14.4 Å². The number of para-hydroxylation sites is 3. The molecular weight excluding hydrogens is 711 g/mol. The predicted octanol–water partition coefficient (Wildman–Crippen LogP) is 12.5. The molecule has 2 aliphatic carbocycles. The van der Waals surface area contributed by atoms with Crippen LogP contribution in [0.25, 0.3) is 78.2 Å². The highest BCUT2D eigenvalue weighted by atomic mass is 16.3. The molecule has 12 rings (SSSR count). The van der Waals surface area contributed by atoms with Crippen LogP contribution in [0.1, 0.15) is 47.3 Å². The van der Waals surface area contributed by atoms with Crippen molar-refractivity contribution in [3.8, 4) is 16.8 Å². The van der Waals surface area contributed by atoms with E-state index in [-0.39, 0.29) is 0 Å². The van der Waals surface area contributed by atoms with Crippen LogP contribution in [0.5, 0.6) is 0 Å². The number of nitrogens with one attached hydrogen (secondary N) is 1. The predicted molar refractivity (Wildman–Crippen MR) is 239 cm³/mol. The van der Waals surface area contributed by atoms with Gasteiger partial charge in [-0.25, -0.2) is 9.98 Å². The minimum atomic E-state index is -0.625. The molecule has 6 heteroatoms. The fraction of sp³-hybridized carbons (Fsp3) is 0.0769. The molecule has 0 fully saturated rings.